The summed E-state index contributed by atoms with van der Waals surface area (Å²) in [5.74, 6) is 1.33. The molecule has 2 fully saturated rings. The quantitative estimate of drug-likeness (QED) is 0.738. The van der Waals surface area contributed by atoms with Crippen molar-refractivity contribution in [1.82, 2.24) is 4.90 Å². The van der Waals surface area contributed by atoms with Crippen molar-refractivity contribution < 1.29 is 9.84 Å². The first kappa shape index (κ1) is 21.2. The first-order valence-corrected chi connectivity index (χ1v) is 11.5. The number of hydrogen-bond donors (Lipinski definition) is 1. The molecule has 162 valence electrons. The predicted octanol–water partition coefficient (Wildman–Crippen LogP) is 4.37. The summed E-state index contributed by atoms with van der Waals surface area (Å²) in [5, 5.41) is 11.6. The number of anilines is 1. The number of benzene rings is 2. The first-order valence-electron chi connectivity index (χ1n) is 11.5. The molecule has 1 N–H and O–H groups in total. The molecule has 4 rings (SSSR count). The van der Waals surface area contributed by atoms with Crippen LogP contribution in [0.4, 0.5) is 5.69 Å². The van der Waals surface area contributed by atoms with Crippen LogP contribution in [0, 0.1) is 5.92 Å². The molecule has 0 aromatic heterocycles. The third-order valence-corrected chi connectivity index (χ3v) is 7.14. The monoisotopic (exact) mass is 408 g/mol. The van der Waals surface area contributed by atoms with Crippen molar-refractivity contribution in [2.45, 2.75) is 44.1 Å². The molecule has 1 aliphatic heterocycles. The Kier molecular flexibility index (Phi) is 6.96. The first-order chi connectivity index (χ1) is 14.7. The van der Waals surface area contributed by atoms with Crippen LogP contribution >= 0.6 is 0 Å². The van der Waals surface area contributed by atoms with Gasteiger partial charge in [-0.2, -0.15) is 0 Å². The van der Waals surface area contributed by atoms with Crippen LogP contribution in [0.1, 0.15) is 37.7 Å². The molecule has 1 aliphatic carbocycles. The zero-order valence-electron chi connectivity index (χ0n) is 18.3. The smallest absolute Gasteiger partial charge is 0.142 e. The number of aryl methyl sites for hydroxylation is 1. The van der Waals surface area contributed by atoms with Gasteiger partial charge in [0.15, 0.2) is 0 Å². The third-order valence-electron chi connectivity index (χ3n) is 7.14. The molecule has 2 atom stereocenters. The number of aliphatic hydroxyl groups is 1. The summed E-state index contributed by atoms with van der Waals surface area (Å²) in [6, 6.07) is 18.9. The van der Waals surface area contributed by atoms with Crippen LogP contribution < -0.4 is 9.64 Å². The molecule has 2 unspecified atom stereocenters. The van der Waals surface area contributed by atoms with Crippen LogP contribution in [0.15, 0.2) is 54.6 Å². The number of piperazine rings is 1. The van der Waals surface area contributed by atoms with Crippen LogP contribution in [0.2, 0.25) is 0 Å². The van der Waals surface area contributed by atoms with Crippen LogP contribution in [0.5, 0.6) is 5.75 Å². The maximum atomic E-state index is 11.6. The topological polar surface area (TPSA) is 35.9 Å². The van der Waals surface area contributed by atoms with E-state index in [9.17, 15) is 5.11 Å². The molecule has 1 saturated carbocycles. The average Bonchev–Trinajstić information content (AvgIpc) is 2.81. The normalized spacial score (nSPS) is 25.3. The van der Waals surface area contributed by atoms with Gasteiger partial charge in [-0.05, 0) is 43.4 Å². The summed E-state index contributed by atoms with van der Waals surface area (Å²) in [7, 11) is 1.74. The highest BCUT2D eigenvalue weighted by Gasteiger charge is 2.39. The zero-order chi connectivity index (χ0) is 20.8. The molecule has 1 heterocycles. The zero-order valence-corrected chi connectivity index (χ0v) is 18.3. The predicted molar refractivity (Wildman–Crippen MR) is 123 cm³/mol. The second-order valence-corrected chi connectivity index (χ2v) is 8.99. The number of ether oxygens (including phenoxy) is 1. The molecule has 0 bridgehead atoms. The molecule has 30 heavy (non-hydrogen) atoms. The lowest BCUT2D eigenvalue weighted by Gasteiger charge is -2.44. The summed E-state index contributed by atoms with van der Waals surface area (Å²) in [6.45, 7) is 5.13. The molecule has 0 radical (unpaired) electrons. The number of hydrogen-bond acceptors (Lipinski definition) is 4. The summed E-state index contributed by atoms with van der Waals surface area (Å²) < 4.78 is 5.55. The van der Waals surface area contributed by atoms with Crippen LogP contribution in [0.25, 0.3) is 0 Å². The second kappa shape index (κ2) is 9.84. The summed E-state index contributed by atoms with van der Waals surface area (Å²) in [5.41, 5.74) is 2.01. The van der Waals surface area contributed by atoms with Gasteiger partial charge in [0, 0.05) is 38.6 Å². The van der Waals surface area contributed by atoms with Crippen molar-refractivity contribution in [1.29, 1.82) is 0 Å². The lowest BCUT2D eigenvalue weighted by Crippen LogP contribution is -2.52. The molecule has 0 spiro atoms. The standard InChI is InChI=1S/C26H36N2O2/c1-30-25-13-6-5-12-24(25)28-19-17-27(18-20-28)21-23-11-7-8-15-26(23,29)16-14-22-9-3-2-4-10-22/h2-6,9-10,12-13,23,29H,7-8,11,14-21H2,1H3. The van der Waals surface area contributed by atoms with E-state index in [4.69, 9.17) is 4.74 Å². The highest BCUT2D eigenvalue weighted by atomic mass is 16.5. The van der Waals surface area contributed by atoms with Gasteiger partial charge >= 0.3 is 0 Å². The fraction of sp³-hybridized carbons (Fsp3) is 0.538. The summed E-state index contributed by atoms with van der Waals surface area (Å²) in [4.78, 5) is 4.99. The van der Waals surface area contributed by atoms with Crippen molar-refractivity contribution in [2.24, 2.45) is 5.92 Å². The minimum Gasteiger partial charge on any atom is -0.495 e. The van der Waals surface area contributed by atoms with Gasteiger partial charge in [0.2, 0.25) is 0 Å². The van der Waals surface area contributed by atoms with E-state index in [-0.39, 0.29) is 0 Å². The molecule has 2 aliphatic rings. The van der Waals surface area contributed by atoms with Crippen molar-refractivity contribution in [3.05, 3.63) is 60.2 Å². The van der Waals surface area contributed by atoms with Crippen molar-refractivity contribution >= 4 is 5.69 Å². The second-order valence-electron chi connectivity index (χ2n) is 8.99. The minimum absolute atomic E-state index is 0.382. The summed E-state index contributed by atoms with van der Waals surface area (Å²) >= 11 is 0. The van der Waals surface area contributed by atoms with Gasteiger partial charge < -0.3 is 14.7 Å². The Bertz CT molecular complexity index is 789. The molecule has 2 aromatic carbocycles. The summed E-state index contributed by atoms with van der Waals surface area (Å²) in [6.07, 6.45) is 6.35. The lowest BCUT2D eigenvalue weighted by molar-refractivity contribution is -0.0657. The fourth-order valence-corrected chi connectivity index (χ4v) is 5.26. The van der Waals surface area contributed by atoms with E-state index in [2.05, 4.69) is 52.3 Å². The van der Waals surface area contributed by atoms with Crippen LogP contribution in [-0.4, -0.2) is 55.4 Å². The van der Waals surface area contributed by atoms with Gasteiger partial charge in [0.05, 0.1) is 18.4 Å². The number of para-hydroxylation sites is 2. The Morgan fingerprint density at radius 1 is 0.967 bits per heavy atom. The van der Waals surface area contributed by atoms with Crippen LogP contribution in [0.3, 0.4) is 0 Å². The molecular formula is C26H36N2O2. The molecular weight excluding hydrogens is 372 g/mol. The highest BCUT2D eigenvalue weighted by molar-refractivity contribution is 5.58. The number of methoxy groups -OCH3 is 1. The molecule has 0 amide bonds. The largest absolute Gasteiger partial charge is 0.495 e. The molecule has 4 heteroatoms. The van der Waals surface area contributed by atoms with Crippen molar-refractivity contribution in [2.75, 3.05) is 44.7 Å². The van der Waals surface area contributed by atoms with Gasteiger partial charge in [-0.3, -0.25) is 4.90 Å². The SMILES string of the molecule is COc1ccccc1N1CCN(CC2CCCCC2(O)CCc2ccccc2)CC1. The van der Waals surface area contributed by atoms with Gasteiger partial charge in [-0.15, -0.1) is 0 Å². The molecule has 2 aromatic rings. The average molecular weight is 409 g/mol. The van der Waals surface area contributed by atoms with Gasteiger partial charge in [0.25, 0.3) is 0 Å². The lowest BCUT2D eigenvalue weighted by atomic mass is 9.72. The third kappa shape index (κ3) is 4.98. The fourth-order valence-electron chi connectivity index (χ4n) is 5.26. The molecule has 4 nitrogen and oxygen atoms in total. The minimum atomic E-state index is -0.520. The Labute approximate surface area is 181 Å². The van der Waals surface area contributed by atoms with E-state index < -0.39 is 5.60 Å². The van der Waals surface area contributed by atoms with E-state index in [1.807, 2.05) is 12.1 Å². The van der Waals surface area contributed by atoms with Crippen LogP contribution in [-0.2, 0) is 6.42 Å². The Morgan fingerprint density at radius 2 is 1.70 bits per heavy atom. The van der Waals surface area contributed by atoms with E-state index in [0.29, 0.717) is 5.92 Å². The maximum Gasteiger partial charge on any atom is 0.142 e. The van der Waals surface area contributed by atoms with E-state index in [1.54, 1.807) is 7.11 Å². The van der Waals surface area contributed by atoms with Gasteiger partial charge in [-0.25, -0.2) is 0 Å². The Balaban J connectivity index is 1.33. The Hall–Kier alpha value is -2.04. The van der Waals surface area contributed by atoms with Crippen molar-refractivity contribution in [3.8, 4) is 5.75 Å². The van der Waals surface area contributed by atoms with Gasteiger partial charge in [-0.1, -0.05) is 55.3 Å². The van der Waals surface area contributed by atoms with E-state index in [0.717, 1.165) is 70.6 Å². The molecule has 1 saturated heterocycles. The Morgan fingerprint density at radius 3 is 2.47 bits per heavy atom. The number of rotatable bonds is 7. The highest BCUT2D eigenvalue weighted by Crippen LogP contribution is 2.38. The van der Waals surface area contributed by atoms with E-state index in [1.165, 1.54) is 17.7 Å². The number of nitrogens with zero attached hydrogens (tertiary/aromatic N) is 2. The van der Waals surface area contributed by atoms with Gasteiger partial charge in [0.1, 0.15) is 5.75 Å². The van der Waals surface area contributed by atoms with E-state index >= 15 is 0 Å². The van der Waals surface area contributed by atoms with Crippen molar-refractivity contribution in [3.63, 3.8) is 0 Å². The maximum absolute atomic E-state index is 11.6.